The molecular weight excluding hydrogens is 338 g/mol. The summed E-state index contributed by atoms with van der Waals surface area (Å²) in [4.78, 5) is 11.9. The second-order valence-electron chi connectivity index (χ2n) is 5.42. The number of nitrogens with zero attached hydrogens (tertiary/aromatic N) is 1. The summed E-state index contributed by atoms with van der Waals surface area (Å²) in [7, 11) is -3.91. The Morgan fingerprint density at radius 2 is 1.56 bits per heavy atom. The molecule has 0 spiro atoms. The Morgan fingerprint density at radius 3 is 2.24 bits per heavy atom. The van der Waals surface area contributed by atoms with Crippen molar-refractivity contribution in [2.24, 2.45) is 5.84 Å². The normalized spacial score (nSPS) is 11.2. The van der Waals surface area contributed by atoms with Crippen LogP contribution in [-0.4, -0.2) is 20.9 Å². The van der Waals surface area contributed by atoms with Gasteiger partial charge in [0.05, 0.1) is 10.6 Å². The minimum absolute atomic E-state index is 0.105. The van der Waals surface area contributed by atoms with Crippen molar-refractivity contribution in [1.29, 1.82) is 0 Å². The van der Waals surface area contributed by atoms with Gasteiger partial charge in [0.2, 0.25) is 0 Å². The minimum Gasteiger partial charge on any atom is -0.293 e. The summed E-state index contributed by atoms with van der Waals surface area (Å²) in [5.74, 6) is 4.55. The maximum Gasteiger partial charge on any atom is 0.264 e. The highest BCUT2D eigenvalue weighted by Gasteiger charge is 2.27. The van der Waals surface area contributed by atoms with Gasteiger partial charge >= 0.3 is 0 Å². The largest absolute Gasteiger partial charge is 0.293 e. The zero-order valence-corrected chi connectivity index (χ0v) is 14.1. The molecule has 0 unspecified atom stereocenters. The number of nitrogens with two attached hydrogens (primary N) is 1. The Kier molecular flexibility index (Phi) is 4.69. The summed E-state index contributed by atoms with van der Waals surface area (Å²) in [6.45, 7) is -0.411. The van der Waals surface area contributed by atoms with Crippen molar-refractivity contribution in [3.8, 4) is 0 Å². The van der Waals surface area contributed by atoms with Gasteiger partial charge in [0.15, 0.2) is 0 Å². The molecule has 0 bridgehead atoms. The lowest BCUT2D eigenvalue weighted by Crippen LogP contribution is -2.43. The summed E-state index contributed by atoms with van der Waals surface area (Å²) in [5, 5.41) is 1.85. The van der Waals surface area contributed by atoms with Crippen LogP contribution in [0.2, 0.25) is 0 Å². The third-order valence-electron chi connectivity index (χ3n) is 3.80. The van der Waals surface area contributed by atoms with E-state index in [1.54, 1.807) is 30.3 Å². The van der Waals surface area contributed by atoms with Gasteiger partial charge in [-0.1, -0.05) is 48.5 Å². The molecule has 128 valence electrons. The topological polar surface area (TPSA) is 92.5 Å². The van der Waals surface area contributed by atoms with Crippen LogP contribution in [0.3, 0.4) is 0 Å². The van der Waals surface area contributed by atoms with Crippen LogP contribution in [0, 0.1) is 0 Å². The molecule has 0 atom stereocenters. The Morgan fingerprint density at radius 1 is 0.920 bits per heavy atom. The quantitative estimate of drug-likeness (QED) is 0.416. The van der Waals surface area contributed by atoms with Crippen LogP contribution in [0.4, 0.5) is 5.69 Å². The SMILES string of the molecule is NNC(=O)CN(c1ccc2ccccc2c1)S(=O)(=O)c1ccccc1. The highest BCUT2D eigenvalue weighted by molar-refractivity contribution is 7.92. The van der Waals surface area contributed by atoms with Crippen molar-refractivity contribution >= 4 is 32.4 Å². The number of hydrogen-bond acceptors (Lipinski definition) is 4. The summed E-state index contributed by atoms with van der Waals surface area (Å²) >= 11 is 0. The zero-order chi connectivity index (χ0) is 17.9. The third-order valence-corrected chi connectivity index (χ3v) is 5.59. The van der Waals surface area contributed by atoms with E-state index in [2.05, 4.69) is 0 Å². The predicted octanol–water partition coefficient (Wildman–Crippen LogP) is 2.03. The van der Waals surface area contributed by atoms with Crippen molar-refractivity contribution in [2.75, 3.05) is 10.8 Å². The second-order valence-corrected chi connectivity index (χ2v) is 7.29. The summed E-state index contributed by atoms with van der Waals surface area (Å²) < 4.78 is 27.1. The molecule has 0 saturated carbocycles. The second kappa shape index (κ2) is 6.92. The lowest BCUT2D eigenvalue weighted by molar-refractivity contribution is -0.119. The van der Waals surface area contributed by atoms with Crippen LogP contribution in [0.15, 0.2) is 77.7 Å². The lowest BCUT2D eigenvalue weighted by atomic mass is 10.1. The van der Waals surface area contributed by atoms with Crippen LogP contribution in [-0.2, 0) is 14.8 Å². The van der Waals surface area contributed by atoms with Gasteiger partial charge in [0, 0.05) is 0 Å². The van der Waals surface area contributed by atoms with E-state index in [9.17, 15) is 13.2 Å². The molecule has 0 radical (unpaired) electrons. The van der Waals surface area contributed by atoms with Gasteiger partial charge in [0.25, 0.3) is 15.9 Å². The smallest absolute Gasteiger partial charge is 0.264 e. The molecule has 3 rings (SSSR count). The molecule has 1 amide bonds. The van der Waals surface area contributed by atoms with E-state index < -0.39 is 22.5 Å². The predicted molar refractivity (Wildman–Crippen MR) is 97.3 cm³/mol. The van der Waals surface area contributed by atoms with Gasteiger partial charge in [-0.3, -0.25) is 14.5 Å². The molecule has 0 fully saturated rings. The van der Waals surface area contributed by atoms with Gasteiger partial charge in [-0.25, -0.2) is 14.3 Å². The number of hydrogen-bond donors (Lipinski definition) is 2. The average Bonchev–Trinajstić information content (AvgIpc) is 2.66. The molecule has 3 aromatic rings. The number of fused-ring (bicyclic) bond motifs is 1. The number of carbonyl (C=O) groups excluding carboxylic acids is 1. The Balaban J connectivity index is 2.12. The maximum atomic E-state index is 13.0. The van der Waals surface area contributed by atoms with E-state index in [-0.39, 0.29) is 4.90 Å². The monoisotopic (exact) mass is 355 g/mol. The summed E-state index contributed by atoms with van der Waals surface area (Å²) in [6.07, 6.45) is 0. The van der Waals surface area contributed by atoms with E-state index in [1.165, 1.54) is 12.1 Å². The fourth-order valence-corrected chi connectivity index (χ4v) is 3.98. The van der Waals surface area contributed by atoms with Crippen LogP contribution in [0.1, 0.15) is 0 Å². The molecule has 3 aromatic carbocycles. The maximum absolute atomic E-state index is 13.0. The standard InChI is InChI=1S/C18H17N3O3S/c19-20-18(22)13-21(25(23,24)17-8-2-1-3-9-17)16-11-10-14-6-4-5-7-15(14)12-16/h1-12H,13,19H2,(H,20,22). The van der Waals surface area contributed by atoms with Crippen molar-refractivity contribution in [1.82, 2.24) is 5.43 Å². The molecule has 0 saturated heterocycles. The fourth-order valence-electron chi connectivity index (χ4n) is 2.54. The van der Waals surface area contributed by atoms with Crippen molar-refractivity contribution in [3.63, 3.8) is 0 Å². The van der Waals surface area contributed by atoms with Crippen LogP contribution >= 0.6 is 0 Å². The van der Waals surface area contributed by atoms with Gasteiger partial charge in [0.1, 0.15) is 6.54 Å². The van der Waals surface area contributed by atoms with E-state index in [0.717, 1.165) is 15.1 Å². The van der Waals surface area contributed by atoms with E-state index in [4.69, 9.17) is 5.84 Å². The summed E-state index contributed by atoms with van der Waals surface area (Å²) in [6, 6.07) is 20.8. The molecule has 0 aliphatic rings. The van der Waals surface area contributed by atoms with Gasteiger partial charge in [-0.05, 0) is 35.0 Å². The van der Waals surface area contributed by atoms with Crippen molar-refractivity contribution < 1.29 is 13.2 Å². The number of hydrazine groups is 1. The van der Waals surface area contributed by atoms with E-state index in [1.807, 2.05) is 35.8 Å². The molecule has 0 aliphatic carbocycles. The first-order valence-corrected chi connectivity index (χ1v) is 9.02. The van der Waals surface area contributed by atoms with Crippen LogP contribution in [0.25, 0.3) is 10.8 Å². The Labute approximate surface area is 145 Å². The van der Waals surface area contributed by atoms with Crippen LogP contribution in [0.5, 0.6) is 0 Å². The van der Waals surface area contributed by atoms with E-state index in [0.29, 0.717) is 5.69 Å². The molecule has 7 heteroatoms. The van der Waals surface area contributed by atoms with Gasteiger partial charge in [-0.15, -0.1) is 0 Å². The van der Waals surface area contributed by atoms with Crippen LogP contribution < -0.4 is 15.6 Å². The number of benzene rings is 3. The molecule has 6 nitrogen and oxygen atoms in total. The Bertz CT molecular complexity index is 1000. The van der Waals surface area contributed by atoms with Crippen molar-refractivity contribution in [3.05, 3.63) is 72.8 Å². The molecular formula is C18H17N3O3S. The molecule has 0 heterocycles. The average molecular weight is 355 g/mol. The molecule has 0 aliphatic heterocycles. The first kappa shape index (κ1) is 16.9. The number of rotatable bonds is 5. The summed E-state index contributed by atoms with van der Waals surface area (Å²) in [5.41, 5.74) is 2.38. The fraction of sp³-hybridized carbons (Fsp3) is 0.0556. The number of sulfonamides is 1. The zero-order valence-electron chi connectivity index (χ0n) is 13.3. The Hall–Kier alpha value is -2.90. The third kappa shape index (κ3) is 3.47. The molecule has 3 N–H and O–H groups in total. The molecule has 25 heavy (non-hydrogen) atoms. The van der Waals surface area contributed by atoms with Gasteiger partial charge < -0.3 is 0 Å². The first-order chi connectivity index (χ1) is 12.0. The highest BCUT2D eigenvalue weighted by Crippen LogP contribution is 2.27. The minimum atomic E-state index is -3.91. The van der Waals surface area contributed by atoms with E-state index >= 15 is 0 Å². The number of carbonyl (C=O) groups is 1. The van der Waals surface area contributed by atoms with Gasteiger partial charge in [-0.2, -0.15) is 0 Å². The number of nitrogens with one attached hydrogen (secondary N) is 1. The highest BCUT2D eigenvalue weighted by atomic mass is 32.2. The number of amides is 1. The molecule has 0 aromatic heterocycles. The lowest BCUT2D eigenvalue weighted by Gasteiger charge is -2.24. The number of anilines is 1. The van der Waals surface area contributed by atoms with Crippen molar-refractivity contribution in [2.45, 2.75) is 4.90 Å². The first-order valence-electron chi connectivity index (χ1n) is 7.58.